The zero-order valence-electron chi connectivity index (χ0n) is 20.3. The summed E-state index contributed by atoms with van der Waals surface area (Å²) < 4.78 is 45.8. The van der Waals surface area contributed by atoms with Crippen LogP contribution in [0.15, 0.2) is 18.2 Å². The minimum Gasteiger partial charge on any atom is -0.381 e. The van der Waals surface area contributed by atoms with Crippen molar-refractivity contribution in [2.24, 2.45) is 17.8 Å². The number of ether oxygens (including phenoxy) is 1. The summed E-state index contributed by atoms with van der Waals surface area (Å²) in [5.74, 6) is -0.287. The summed E-state index contributed by atoms with van der Waals surface area (Å²) in [5.41, 5.74) is 0.948. The van der Waals surface area contributed by atoms with Gasteiger partial charge >= 0.3 is 6.18 Å². The van der Waals surface area contributed by atoms with Crippen LogP contribution in [-0.2, 0) is 33.3 Å². The minimum atomic E-state index is -4.45. The third kappa shape index (κ3) is 5.82. The second-order valence-electron chi connectivity index (χ2n) is 9.95. The maximum absolute atomic E-state index is 13.5. The summed E-state index contributed by atoms with van der Waals surface area (Å²) in [5, 5.41) is 6.56. The van der Waals surface area contributed by atoms with Gasteiger partial charge in [0.1, 0.15) is 6.17 Å². The number of aromatic amines is 1. The average molecular weight is 494 g/mol. The number of carbonyl (C=O) groups is 2. The fourth-order valence-electron chi connectivity index (χ4n) is 5.17. The van der Waals surface area contributed by atoms with Gasteiger partial charge in [-0.05, 0) is 62.0 Å². The Hall–Kier alpha value is -2.55. The van der Waals surface area contributed by atoms with E-state index in [4.69, 9.17) is 4.74 Å². The van der Waals surface area contributed by atoms with Crippen LogP contribution in [0.4, 0.5) is 13.2 Å². The number of nitrogens with one attached hydrogen (secondary N) is 3. The minimum absolute atomic E-state index is 0.0409. The number of hydrogen-bond acceptors (Lipinski definition) is 3. The largest absolute Gasteiger partial charge is 0.418 e. The molecule has 3 N–H and O–H groups in total. The lowest BCUT2D eigenvalue weighted by molar-refractivity contribution is -0.136. The van der Waals surface area contributed by atoms with Gasteiger partial charge in [0, 0.05) is 36.6 Å². The summed E-state index contributed by atoms with van der Waals surface area (Å²) in [4.78, 5) is 28.9. The monoisotopic (exact) mass is 493 g/mol. The van der Waals surface area contributed by atoms with E-state index in [9.17, 15) is 22.8 Å². The molecular formula is C26H34F3N3O3. The number of H-pyrrole nitrogens is 1. The Labute approximate surface area is 203 Å². The van der Waals surface area contributed by atoms with Crippen molar-refractivity contribution in [2.45, 2.75) is 71.1 Å². The molecule has 3 atom stereocenters. The number of carbonyl (C=O) groups excluding carboxylic acids is 2. The zero-order valence-corrected chi connectivity index (χ0v) is 20.3. The van der Waals surface area contributed by atoms with Crippen LogP contribution in [0.1, 0.15) is 62.8 Å². The number of hydrogen-bond donors (Lipinski definition) is 3. The predicted molar refractivity (Wildman–Crippen MR) is 127 cm³/mol. The van der Waals surface area contributed by atoms with Gasteiger partial charge in [-0.25, -0.2) is 0 Å². The van der Waals surface area contributed by atoms with Gasteiger partial charge in [0.2, 0.25) is 11.8 Å². The first kappa shape index (κ1) is 25.5. The number of benzene rings is 1. The van der Waals surface area contributed by atoms with Crippen LogP contribution in [0, 0.1) is 17.8 Å². The molecule has 1 aromatic heterocycles. The SMILES string of the molecule is CCC(C)[C@@H](NC(=O)CC1CCOCC1)NC(=O)C1CCc2[nH]c3c(C(F)(F)F)cccc3c2C1. The fraction of sp³-hybridized carbons (Fsp3) is 0.615. The Kier molecular flexibility index (Phi) is 7.73. The highest BCUT2D eigenvalue weighted by Crippen LogP contribution is 2.39. The van der Waals surface area contributed by atoms with Gasteiger partial charge in [0.15, 0.2) is 0 Å². The van der Waals surface area contributed by atoms with Crippen molar-refractivity contribution in [1.82, 2.24) is 15.6 Å². The molecule has 0 radical (unpaired) electrons. The van der Waals surface area contributed by atoms with Crippen molar-refractivity contribution in [2.75, 3.05) is 13.2 Å². The van der Waals surface area contributed by atoms with Gasteiger partial charge in [0.05, 0.1) is 11.1 Å². The standard InChI is InChI=1S/C26H34F3N3O3/c1-3-15(2)24(31-22(33)13-16-9-11-35-12-10-16)32-25(34)17-7-8-21-19(14-17)18-5-4-6-20(23(18)30-21)26(27,28)29/h4-6,15-17,24,30H,3,7-14H2,1-2H3,(H,31,33)(H,32,34)/t15?,17?,24-/m0/s1. The zero-order chi connectivity index (χ0) is 25.2. The molecule has 4 rings (SSSR count). The topological polar surface area (TPSA) is 83.2 Å². The molecular weight excluding hydrogens is 459 g/mol. The number of fused-ring (bicyclic) bond motifs is 3. The van der Waals surface area contributed by atoms with Crippen LogP contribution in [0.3, 0.4) is 0 Å². The Bertz CT molecular complexity index is 1060. The van der Waals surface area contributed by atoms with Crippen molar-refractivity contribution in [3.63, 3.8) is 0 Å². The predicted octanol–water partition coefficient (Wildman–Crippen LogP) is 4.71. The van der Waals surface area contributed by atoms with Crippen molar-refractivity contribution >= 4 is 22.7 Å². The number of amides is 2. The molecule has 35 heavy (non-hydrogen) atoms. The second-order valence-corrected chi connectivity index (χ2v) is 9.95. The van der Waals surface area contributed by atoms with Crippen molar-refractivity contribution < 1.29 is 27.5 Å². The molecule has 9 heteroatoms. The molecule has 192 valence electrons. The highest BCUT2D eigenvalue weighted by Gasteiger charge is 2.36. The number of aryl methyl sites for hydroxylation is 1. The highest BCUT2D eigenvalue weighted by atomic mass is 19.4. The second kappa shape index (κ2) is 10.6. The first-order valence-corrected chi connectivity index (χ1v) is 12.5. The van der Waals surface area contributed by atoms with Crippen LogP contribution >= 0.6 is 0 Å². The summed E-state index contributed by atoms with van der Waals surface area (Å²) in [6, 6.07) is 4.17. The van der Waals surface area contributed by atoms with Crippen molar-refractivity contribution in [1.29, 1.82) is 0 Å². The molecule has 1 aliphatic heterocycles. The van der Waals surface area contributed by atoms with E-state index in [1.54, 1.807) is 6.07 Å². The molecule has 0 spiro atoms. The third-order valence-electron chi connectivity index (χ3n) is 7.54. The van der Waals surface area contributed by atoms with Gasteiger partial charge in [-0.3, -0.25) is 9.59 Å². The van der Waals surface area contributed by atoms with Crippen molar-refractivity contribution in [3.8, 4) is 0 Å². The number of alkyl halides is 3. The number of rotatable bonds is 7. The molecule has 2 heterocycles. The average Bonchev–Trinajstić information content (AvgIpc) is 3.21. The molecule has 6 nitrogen and oxygen atoms in total. The molecule has 1 aromatic carbocycles. The quantitative estimate of drug-likeness (QED) is 0.489. The van der Waals surface area contributed by atoms with Crippen LogP contribution in [0.25, 0.3) is 10.9 Å². The summed E-state index contributed by atoms with van der Waals surface area (Å²) >= 11 is 0. The third-order valence-corrected chi connectivity index (χ3v) is 7.54. The number of para-hydroxylation sites is 1. The van der Waals surface area contributed by atoms with Gasteiger partial charge in [-0.2, -0.15) is 13.2 Å². The van der Waals surface area contributed by atoms with E-state index in [0.29, 0.717) is 44.3 Å². The molecule has 1 saturated heterocycles. The molecule has 2 unspecified atom stereocenters. The Balaban J connectivity index is 1.44. The first-order valence-electron chi connectivity index (χ1n) is 12.5. The van der Waals surface area contributed by atoms with Crippen LogP contribution in [0.2, 0.25) is 0 Å². The van der Waals surface area contributed by atoms with E-state index in [1.807, 2.05) is 13.8 Å². The fourth-order valence-corrected chi connectivity index (χ4v) is 5.17. The van der Waals surface area contributed by atoms with Gasteiger partial charge < -0.3 is 20.4 Å². The van der Waals surface area contributed by atoms with E-state index in [2.05, 4.69) is 15.6 Å². The van der Waals surface area contributed by atoms with Crippen LogP contribution in [-0.4, -0.2) is 36.2 Å². The van der Waals surface area contributed by atoms with Gasteiger partial charge in [-0.15, -0.1) is 0 Å². The Morgan fingerprint density at radius 1 is 1.17 bits per heavy atom. The van der Waals surface area contributed by atoms with E-state index < -0.39 is 17.9 Å². The number of aromatic nitrogens is 1. The highest BCUT2D eigenvalue weighted by molar-refractivity contribution is 5.89. The Morgan fingerprint density at radius 2 is 1.91 bits per heavy atom. The van der Waals surface area contributed by atoms with Crippen molar-refractivity contribution in [3.05, 3.63) is 35.0 Å². The van der Waals surface area contributed by atoms with Gasteiger partial charge in [-0.1, -0.05) is 26.0 Å². The lowest BCUT2D eigenvalue weighted by atomic mass is 9.85. The maximum Gasteiger partial charge on any atom is 0.418 e. The normalized spacial score (nSPS) is 20.8. The molecule has 1 fully saturated rings. The lowest BCUT2D eigenvalue weighted by Gasteiger charge is -2.30. The number of halogens is 3. The summed E-state index contributed by atoms with van der Waals surface area (Å²) in [6.07, 6.45) is -0.615. The molecule has 2 amide bonds. The Morgan fingerprint density at radius 3 is 2.60 bits per heavy atom. The summed E-state index contributed by atoms with van der Waals surface area (Å²) in [6.45, 7) is 5.33. The van der Waals surface area contributed by atoms with Crippen LogP contribution < -0.4 is 10.6 Å². The van der Waals surface area contributed by atoms with E-state index >= 15 is 0 Å². The van der Waals surface area contributed by atoms with E-state index in [-0.39, 0.29) is 35.1 Å². The molecule has 2 aliphatic rings. The smallest absolute Gasteiger partial charge is 0.381 e. The molecule has 1 aliphatic carbocycles. The van der Waals surface area contributed by atoms with E-state index in [1.165, 1.54) is 6.07 Å². The van der Waals surface area contributed by atoms with Gasteiger partial charge in [0.25, 0.3) is 0 Å². The lowest BCUT2D eigenvalue weighted by Crippen LogP contribution is -2.53. The summed E-state index contributed by atoms with van der Waals surface area (Å²) in [7, 11) is 0. The molecule has 2 aromatic rings. The molecule has 0 bridgehead atoms. The molecule has 0 saturated carbocycles. The maximum atomic E-state index is 13.5. The first-order chi connectivity index (χ1) is 16.7. The van der Waals surface area contributed by atoms with Crippen LogP contribution in [0.5, 0.6) is 0 Å². The van der Waals surface area contributed by atoms with E-state index in [0.717, 1.165) is 36.6 Å².